The molecule has 6 heteroatoms. The van der Waals surface area contributed by atoms with E-state index in [2.05, 4.69) is 10.3 Å². The summed E-state index contributed by atoms with van der Waals surface area (Å²) < 4.78 is 10.9. The van der Waals surface area contributed by atoms with Crippen LogP contribution in [0.4, 0.5) is 5.69 Å². The van der Waals surface area contributed by atoms with Crippen molar-refractivity contribution in [3.05, 3.63) is 46.7 Å². The highest BCUT2D eigenvalue weighted by Crippen LogP contribution is 2.31. The number of benzene rings is 1. The summed E-state index contributed by atoms with van der Waals surface area (Å²) in [5.41, 5.74) is 1.89. The summed E-state index contributed by atoms with van der Waals surface area (Å²) in [4.78, 5) is 16.2. The van der Waals surface area contributed by atoms with Crippen LogP contribution >= 0.6 is 11.6 Å². The first kappa shape index (κ1) is 13.7. The molecule has 0 saturated carbocycles. The molecule has 0 spiro atoms. The summed E-state index contributed by atoms with van der Waals surface area (Å²) in [5, 5.41) is 3.20. The molecule has 0 fully saturated rings. The van der Waals surface area contributed by atoms with E-state index in [4.69, 9.17) is 21.1 Å². The van der Waals surface area contributed by atoms with Gasteiger partial charge in [-0.3, -0.25) is 4.79 Å². The second-order valence-electron chi connectivity index (χ2n) is 4.64. The van der Waals surface area contributed by atoms with Gasteiger partial charge in [0.25, 0.3) is 5.91 Å². The number of halogens is 1. The molecule has 1 aliphatic rings. The molecule has 0 atom stereocenters. The molecular weight excluding hydrogens is 292 g/mol. The first-order chi connectivity index (χ1) is 10.1. The van der Waals surface area contributed by atoms with Gasteiger partial charge in [-0.2, -0.15) is 0 Å². The van der Waals surface area contributed by atoms with E-state index in [1.54, 1.807) is 24.3 Å². The predicted octanol–water partition coefficient (Wildman–Crippen LogP) is 3.07. The molecule has 0 unspecified atom stereocenters. The Hall–Kier alpha value is -2.27. The number of carbonyl (C=O) groups excluding carboxylic acids is 1. The maximum Gasteiger partial charge on any atom is 0.255 e. The minimum absolute atomic E-state index is 0.240. The number of nitrogens with zero attached hydrogens (tertiary/aromatic N) is 1. The first-order valence-electron chi connectivity index (χ1n) is 6.46. The Balaban J connectivity index is 1.80. The molecule has 1 aliphatic heterocycles. The van der Waals surface area contributed by atoms with E-state index >= 15 is 0 Å². The fourth-order valence-electron chi connectivity index (χ4n) is 2.01. The molecule has 0 radical (unpaired) electrons. The van der Waals surface area contributed by atoms with Crippen LogP contribution in [0.2, 0.25) is 5.15 Å². The predicted molar refractivity (Wildman–Crippen MR) is 79.4 cm³/mol. The topological polar surface area (TPSA) is 60.5 Å². The van der Waals surface area contributed by atoms with Crippen LogP contribution in [0.1, 0.15) is 15.9 Å². The maximum absolute atomic E-state index is 12.2. The van der Waals surface area contributed by atoms with Crippen LogP contribution in [0.3, 0.4) is 0 Å². The number of amides is 1. The first-order valence-corrected chi connectivity index (χ1v) is 6.84. The van der Waals surface area contributed by atoms with Gasteiger partial charge in [0.2, 0.25) is 0 Å². The lowest BCUT2D eigenvalue weighted by atomic mass is 10.1. The molecule has 1 amide bonds. The fraction of sp³-hybridized carbons (Fsp3) is 0.200. The zero-order chi connectivity index (χ0) is 14.8. The summed E-state index contributed by atoms with van der Waals surface area (Å²) in [6, 6.07) is 6.86. The lowest BCUT2D eigenvalue weighted by Gasteiger charge is -2.18. The Morgan fingerprint density at radius 2 is 2.00 bits per heavy atom. The van der Waals surface area contributed by atoms with Gasteiger partial charge < -0.3 is 14.8 Å². The Morgan fingerprint density at radius 3 is 2.76 bits per heavy atom. The normalized spacial score (nSPS) is 12.9. The van der Waals surface area contributed by atoms with E-state index in [1.165, 1.54) is 6.20 Å². The van der Waals surface area contributed by atoms with Gasteiger partial charge in [-0.1, -0.05) is 11.6 Å². The summed E-state index contributed by atoms with van der Waals surface area (Å²) in [5.74, 6) is 0.997. The standard InChI is InChI=1S/C15H13ClN2O3/c1-9-6-11(8-17-14(9)16)18-15(19)10-2-3-12-13(7-10)21-5-4-20-12/h2-3,6-8H,4-5H2,1H3,(H,18,19). The van der Waals surface area contributed by atoms with Crippen LogP contribution < -0.4 is 14.8 Å². The van der Waals surface area contributed by atoms with Crippen molar-refractivity contribution in [3.63, 3.8) is 0 Å². The van der Waals surface area contributed by atoms with Gasteiger partial charge in [0.1, 0.15) is 18.4 Å². The van der Waals surface area contributed by atoms with Crippen molar-refractivity contribution in [3.8, 4) is 11.5 Å². The van der Waals surface area contributed by atoms with Crippen molar-refractivity contribution < 1.29 is 14.3 Å². The molecule has 0 bridgehead atoms. The average molecular weight is 305 g/mol. The van der Waals surface area contributed by atoms with E-state index in [0.717, 1.165) is 5.56 Å². The Morgan fingerprint density at radius 1 is 1.24 bits per heavy atom. The number of hydrogen-bond donors (Lipinski definition) is 1. The fourth-order valence-corrected chi connectivity index (χ4v) is 2.12. The van der Waals surface area contributed by atoms with Crippen LogP contribution in [-0.4, -0.2) is 24.1 Å². The van der Waals surface area contributed by atoms with Crippen LogP contribution in [0.15, 0.2) is 30.5 Å². The SMILES string of the molecule is Cc1cc(NC(=O)c2ccc3c(c2)OCCO3)cnc1Cl. The largest absolute Gasteiger partial charge is 0.486 e. The number of hydrogen-bond acceptors (Lipinski definition) is 4. The molecule has 0 saturated heterocycles. The lowest BCUT2D eigenvalue weighted by molar-refractivity contribution is 0.102. The molecule has 3 rings (SSSR count). The molecular formula is C15H13ClN2O3. The highest BCUT2D eigenvalue weighted by Gasteiger charge is 2.15. The van der Waals surface area contributed by atoms with Gasteiger partial charge in [-0.05, 0) is 36.8 Å². The average Bonchev–Trinajstić information content (AvgIpc) is 2.50. The van der Waals surface area contributed by atoms with Crippen molar-refractivity contribution >= 4 is 23.2 Å². The number of carbonyl (C=O) groups is 1. The number of aromatic nitrogens is 1. The third kappa shape index (κ3) is 2.92. The number of anilines is 1. The minimum atomic E-state index is -0.240. The van der Waals surface area contributed by atoms with E-state index in [0.29, 0.717) is 41.1 Å². The number of nitrogens with one attached hydrogen (secondary N) is 1. The van der Waals surface area contributed by atoms with Crippen molar-refractivity contribution in [1.82, 2.24) is 4.98 Å². The molecule has 5 nitrogen and oxygen atoms in total. The van der Waals surface area contributed by atoms with Crippen LogP contribution in [0.5, 0.6) is 11.5 Å². The highest BCUT2D eigenvalue weighted by molar-refractivity contribution is 6.30. The van der Waals surface area contributed by atoms with Gasteiger partial charge in [0.15, 0.2) is 11.5 Å². The molecule has 0 aliphatic carbocycles. The second kappa shape index (κ2) is 5.61. The van der Waals surface area contributed by atoms with Crippen LogP contribution in [0, 0.1) is 6.92 Å². The summed E-state index contributed by atoms with van der Waals surface area (Å²) >= 11 is 5.86. The Bertz CT molecular complexity index is 703. The van der Waals surface area contributed by atoms with E-state index in [1.807, 2.05) is 6.92 Å². The molecule has 21 heavy (non-hydrogen) atoms. The number of fused-ring (bicyclic) bond motifs is 1. The minimum Gasteiger partial charge on any atom is -0.486 e. The zero-order valence-corrected chi connectivity index (χ0v) is 12.1. The lowest BCUT2D eigenvalue weighted by Crippen LogP contribution is -2.17. The van der Waals surface area contributed by atoms with Crippen LogP contribution in [0.25, 0.3) is 0 Å². The zero-order valence-electron chi connectivity index (χ0n) is 11.4. The van der Waals surface area contributed by atoms with E-state index in [-0.39, 0.29) is 5.91 Å². The van der Waals surface area contributed by atoms with Gasteiger partial charge in [-0.25, -0.2) is 4.98 Å². The third-order valence-electron chi connectivity index (χ3n) is 3.08. The number of aryl methyl sites for hydroxylation is 1. The van der Waals surface area contributed by atoms with E-state index < -0.39 is 0 Å². The molecule has 1 aromatic carbocycles. The molecule has 2 heterocycles. The Labute approximate surface area is 126 Å². The Kier molecular flexibility index (Phi) is 3.66. The maximum atomic E-state index is 12.2. The van der Waals surface area contributed by atoms with Crippen LogP contribution in [-0.2, 0) is 0 Å². The van der Waals surface area contributed by atoms with E-state index in [9.17, 15) is 4.79 Å². The molecule has 2 aromatic rings. The van der Waals surface area contributed by atoms with Gasteiger partial charge in [0.05, 0.1) is 11.9 Å². The van der Waals surface area contributed by atoms with Crippen molar-refractivity contribution in [2.45, 2.75) is 6.92 Å². The number of ether oxygens (including phenoxy) is 2. The molecule has 108 valence electrons. The summed E-state index contributed by atoms with van der Waals surface area (Å²) in [7, 11) is 0. The number of rotatable bonds is 2. The van der Waals surface area contributed by atoms with Crippen molar-refractivity contribution in [2.24, 2.45) is 0 Å². The monoisotopic (exact) mass is 304 g/mol. The summed E-state index contributed by atoms with van der Waals surface area (Å²) in [6.07, 6.45) is 1.52. The van der Waals surface area contributed by atoms with Crippen molar-refractivity contribution in [1.29, 1.82) is 0 Å². The third-order valence-corrected chi connectivity index (χ3v) is 3.47. The van der Waals surface area contributed by atoms with Gasteiger partial charge >= 0.3 is 0 Å². The quantitative estimate of drug-likeness (QED) is 0.866. The number of pyridine rings is 1. The highest BCUT2D eigenvalue weighted by atomic mass is 35.5. The smallest absolute Gasteiger partial charge is 0.255 e. The van der Waals surface area contributed by atoms with Crippen molar-refractivity contribution in [2.75, 3.05) is 18.5 Å². The molecule has 1 N–H and O–H groups in total. The summed E-state index contributed by atoms with van der Waals surface area (Å²) in [6.45, 7) is 2.84. The molecule has 1 aromatic heterocycles. The van der Waals surface area contributed by atoms with Gasteiger partial charge in [0, 0.05) is 5.56 Å². The van der Waals surface area contributed by atoms with Gasteiger partial charge in [-0.15, -0.1) is 0 Å². The second-order valence-corrected chi connectivity index (χ2v) is 5.00.